The van der Waals surface area contributed by atoms with Crippen LogP contribution in [0.1, 0.15) is 0 Å². The lowest BCUT2D eigenvalue weighted by atomic mass is 10.1. The highest BCUT2D eigenvalue weighted by molar-refractivity contribution is 6.30. The van der Waals surface area contributed by atoms with E-state index in [1.54, 1.807) is 12.1 Å². The predicted octanol–water partition coefficient (Wildman–Crippen LogP) is 3.05. The highest BCUT2D eigenvalue weighted by Crippen LogP contribution is 2.26. The first kappa shape index (κ1) is 14.2. The fourth-order valence-corrected chi connectivity index (χ4v) is 2.02. The molecule has 110 valence electrons. The molecule has 3 rings (SSSR count). The molecule has 0 bridgehead atoms. The molecular formula is C14H10ClFN6. The zero-order chi connectivity index (χ0) is 15.5. The molecule has 0 spiro atoms. The summed E-state index contributed by atoms with van der Waals surface area (Å²) in [4.78, 5) is 7.82. The highest BCUT2D eigenvalue weighted by Gasteiger charge is 2.09. The molecule has 6 nitrogen and oxygen atoms in total. The molecule has 3 aromatic rings. The van der Waals surface area contributed by atoms with Gasteiger partial charge in [-0.1, -0.05) is 11.6 Å². The van der Waals surface area contributed by atoms with Crippen LogP contribution < -0.4 is 11.1 Å². The fourth-order valence-electron chi connectivity index (χ4n) is 1.85. The molecule has 2 heterocycles. The van der Waals surface area contributed by atoms with Crippen molar-refractivity contribution < 1.29 is 4.39 Å². The maximum atomic E-state index is 13.9. The SMILES string of the molecule is Nc1nccc(Nc2cnnc(-c3cc(Cl)ccc3F)c2)n1. The number of anilines is 3. The molecule has 0 unspecified atom stereocenters. The summed E-state index contributed by atoms with van der Waals surface area (Å²) in [6.07, 6.45) is 3.01. The van der Waals surface area contributed by atoms with E-state index in [-0.39, 0.29) is 11.5 Å². The molecule has 2 aromatic heterocycles. The molecule has 1 aromatic carbocycles. The molecular weight excluding hydrogens is 307 g/mol. The fraction of sp³-hybridized carbons (Fsp3) is 0. The number of nitrogens with two attached hydrogens (primary N) is 1. The summed E-state index contributed by atoms with van der Waals surface area (Å²) < 4.78 is 13.9. The van der Waals surface area contributed by atoms with Crippen LogP contribution >= 0.6 is 11.6 Å². The van der Waals surface area contributed by atoms with E-state index in [0.717, 1.165) is 0 Å². The van der Waals surface area contributed by atoms with Crippen molar-refractivity contribution >= 4 is 29.1 Å². The monoisotopic (exact) mass is 316 g/mol. The number of aromatic nitrogens is 4. The predicted molar refractivity (Wildman–Crippen MR) is 82.2 cm³/mol. The molecule has 0 saturated heterocycles. The number of nitrogens with one attached hydrogen (secondary N) is 1. The van der Waals surface area contributed by atoms with Crippen LogP contribution in [0.4, 0.5) is 21.8 Å². The third-order valence-electron chi connectivity index (χ3n) is 2.81. The van der Waals surface area contributed by atoms with Crippen LogP contribution in [0, 0.1) is 5.82 Å². The topological polar surface area (TPSA) is 89.6 Å². The van der Waals surface area contributed by atoms with E-state index in [0.29, 0.717) is 22.2 Å². The second-order valence-corrected chi connectivity index (χ2v) is 4.82. The van der Waals surface area contributed by atoms with Crippen molar-refractivity contribution in [3.63, 3.8) is 0 Å². The number of halogens is 2. The average molecular weight is 317 g/mol. The second kappa shape index (κ2) is 5.90. The lowest BCUT2D eigenvalue weighted by Crippen LogP contribution is -2.00. The number of rotatable bonds is 3. The Morgan fingerprint density at radius 2 is 2.05 bits per heavy atom. The van der Waals surface area contributed by atoms with Crippen molar-refractivity contribution in [1.82, 2.24) is 20.2 Å². The van der Waals surface area contributed by atoms with Crippen LogP contribution in [0.25, 0.3) is 11.3 Å². The minimum absolute atomic E-state index is 0.146. The van der Waals surface area contributed by atoms with E-state index in [2.05, 4.69) is 25.5 Å². The number of hydrogen-bond donors (Lipinski definition) is 2. The number of nitrogens with zero attached hydrogens (tertiary/aromatic N) is 4. The number of benzene rings is 1. The van der Waals surface area contributed by atoms with E-state index in [1.807, 2.05) is 0 Å². The average Bonchev–Trinajstić information content (AvgIpc) is 2.50. The normalized spacial score (nSPS) is 10.5. The van der Waals surface area contributed by atoms with Gasteiger partial charge in [0.2, 0.25) is 5.95 Å². The van der Waals surface area contributed by atoms with Crippen LogP contribution in [0.2, 0.25) is 5.02 Å². The number of nitrogen functional groups attached to an aromatic ring is 1. The van der Waals surface area contributed by atoms with Gasteiger partial charge in [0.25, 0.3) is 0 Å². The van der Waals surface area contributed by atoms with Gasteiger partial charge in [-0.3, -0.25) is 0 Å². The number of hydrogen-bond acceptors (Lipinski definition) is 6. The third kappa shape index (κ3) is 3.09. The molecule has 3 N–H and O–H groups in total. The molecule has 0 atom stereocenters. The molecule has 0 aliphatic heterocycles. The largest absolute Gasteiger partial charge is 0.368 e. The Balaban J connectivity index is 1.94. The lowest BCUT2D eigenvalue weighted by Gasteiger charge is -2.07. The van der Waals surface area contributed by atoms with Gasteiger partial charge in [-0.2, -0.15) is 15.2 Å². The standard InChI is InChI=1S/C14H10ClFN6/c15-8-1-2-11(16)10(5-8)12-6-9(7-19-22-12)20-13-3-4-18-14(17)21-13/h1-7H,(H3,17,18,20,21,22). The molecule has 0 amide bonds. The van der Waals surface area contributed by atoms with Crippen LogP contribution in [0.15, 0.2) is 42.7 Å². The Hall–Kier alpha value is -2.80. The summed E-state index contributed by atoms with van der Waals surface area (Å²) in [7, 11) is 0. The maximum Gasteiger partial charge on any atom is 0.221 e. The van der Waals surface area contributed by atoms with Crippen molar-refractivity contribution in [3.05, 3.63) is 53.6 Å². The Morgan fingerprint density at radius 1 is 1.18 bits per heavy atom. The first-order valence-corrected chi connectivity index (χ1v) is 6.63. The summed E-state index contributed by atoms with van der Waals surface area (Å²) in [6, 6.07) is 7.54. The summed E-state index contributed by atoms with van der Waals surface area (Å²) in [5.41, 5.74) is 6.72. The van der Waals surface area contributed by atoms with Gasteiger partial charge in [-0.15, -0.1) is 0 Å². The van der Waals surface area contributed by atoms with E-state index < -0.39 is 5.82 Å². The molecule has 0 saturated carbocycles. The summed E-state index contributed by atoms with van der Waals surface area (Å²) >= 11 is 5.89. The summed E-state index contributed by atoms with van der Waals surface area (Å²) in [5, 5.41) is 11.2. The molecule has 22 heavy (non-hydrogen) atoms. The Bertz CT molecular complexity index is 826. The molecule has 0 radical (unpaired) electrons. The first-order chi connectivity index (χ1) is 10.6. The van der Waals surface area contributed by atoms with Crippen molar-refractivity contribution in [2.75, 3.05) is 11.1 Å². The molecule has 0 aliphatic rings. The first-order valence-electron chi connectivity index (χ1n) is 6.25. The van der Waals surface area contributed by atoms with Crippen molar-refractivity contribution in [1.29, 1.82) is 0 Å². The van der Waals surface area contributed by atoms with E-state index in [4.69, 9.17) is 17.3 Å². The zero-order valence-electron chi connectivity index (χ0n) is 11.2. The van der Waals surface area contributed by atoms with Crippen molar-refractivity contribution in [3.8, 4) is 11.3 Å². The third-order valence-corrected chi connectivity index (χ3v) is 3.04. The Kier molecular flexibility index (Phi) is 3.80. The Labute approximate surface area is 130 Å². The second-order valence-electron chi connectivity index (χ2n) is 4.38. The van der Waals surface area contributed by atoms with Gasteiger partial charge >= 0.3 is 0 Å². The summed E-state index contributed by atoms with van der Waals surface area (Å²) in [5.74, 6) is 0.216. The Morgan fingerprint density at radius 3 is 2.86 bits per heavy atom. The van der Waals surface area contributed by atoms with E-state index >= 15 is 0 Å². The minimum atomic E-state index is -0.429. The van der Waals surface area contributed by atoms with Gasteiger partial charge in [0.05, 0.1) is 17.6 Å². The quantitative estimate of drug-likeness (QED) is 0.772. The van der Waals surface area contributed by atoms with Crippen LogP contribution in [0.3, 0.4) is 0 Å². The van der Waals surface area contributed by atoms with Crippen LogP contribution in [0.5, 0.6) is 0 Å². The van der Waals surface area contributed by atoms with Crippen molar-refractivity contribution in [2.45, 2.75) is 0 Å². The van der Waals surface area contributed by atoms with Crippen LogP contribution in [-0.4, -0.2) is 20.2 Å². The minimum Gasteiger partial charge on any atom is -0.368 e. The molecule has 8 heteroatoms. The summed E-state index contributed by atoms with van der Waals surface area (Å²) in [6.45, 7) is 0. The van der Waals surface area contributed by atoms with Gasteiger partial charge < -0.3 is 11.1 Å². The molecule has 0 aliphatic carbocycles. The highest BCUT2D eigenvalue weighted by atomic mass is 35.5. The zero-order valence-corrected chi connectivity index (χ0v) is 11.9. The maximum absolute atomic E-state index is 13.9. The smallest absolute Gasteiger partial charge is 0.221 e. The van der Waals surface area contributed by atoms with Crippen LogP contribution in [-0.2, 0) is 0 Å². The van der Waals surface area contributed by atoms with Gasteiger partial charge in [-0.25, -0.2) is 9.37 Å². The van der Waals surface area contributed by atoms with Gasteiger partial charge in [-0.05, 0) is 30.3 Å². The van der Waals surface area contributed by atoms with Crippen molar-refractivity contribution in [2.24, 2.45) is 0 Å². The van der Waals surface area contributed by atoms with Gasteiger partial charge in [0, 0.05) is 16.8 Å². The van der Waals surface area contributed by atoms with E-state index in [1.165, 1.54) is 30.6 Å². The molecule has 0 fully saturated rings. The lowest BCUT2D eigenvalue weighted by molar-refractivity contribution is 0.630. The van der Waals surface area contributed by atoms with Gasteiger partial charge in [0.1, 0.15) is 11.6 Å². The van der Waals surface area contributed by atoms with E-state index in [9.17, 15) is 4.39 Å². The van der Waals surface area contributed by atoms with Gasteiger partial charge in [0.15, 0.2) is 0 Å².